The van der Waals surface area contributed by atoms with Crippen molar-refractivity contribution < 1.29 is 0 Å². The Balaban J connectivity index is 1.56. The summed E-state index contributed by atoms with van der Waals surface area (Å²) in [6.07, 6.45) is 4.12. The van der Waals surface area contributed by atoms with E-state index in [1.54, 1.807) is 0 Å². The molecule has 1 N–H and O–H groups in total. The molecule has 2 fully saturated rings. The van der Waals surface area contributed by atoms with Crippen molar-refractivity contribution in [2.75, 3.05) is 46.3 Å². The molecule has 0 spiro atoms. The molecule has 2 saturated heterocycles. The Morgan fingerprint density at radius 3 is 2.81 bits per heavy atom. The van der Waals surface area contributed by atoms with Gasteiger partial charge in [-0.25, -0.2) is 0 Å². The first kappa shape index (κ1) is 15.0. The predicted molar refractivity (Wildman–Crippen MR) is 88.5 cm³/mol. The van der Waals surface area contributed by atoms with Crippen LogP contribution in [0.4, 0.5) is 0 Å². The molecule has 2 aliphatic heterocycles. The second-order valence-corrected chi connectivity index (χ2v) is 6.73. The first-order chi connectivity index (χ1) is 10.3. The third-order valence-corrected chi connectivity index (χ3v) is 5.10. The SMILES string of the molecule is CN1CCN(CCCC2CCNC2)C(c2ccccc2)C1. The van der Waals surface area contributed by atoms with Gasteiger partial charge in [-0.05, 0) is 57.4 Å². The summed E-state index contributed by atoms with van der Waals surface area (Å²) in [7, 11) is 2.25. The quantitative estimate of drug-likeness (QED) is 0.897. The zero-order valence-corrected chi connectivity index (χ0v) is 13.3. The zero-order valence-electron chi connectivity index (χ0n) is 13.3. The van der Waals surface area contributed by atoms with E-state index < -0.39 is 0 Å². The molecule has 3 heteroatoms. The smallest absolute Gasteiger partial charge is 0.0475 e. The van der Waals surface area contributed by atoms with E-state index in [4.69, 9.17) is 0 Å². The molecular formula is C18H29N3. The molecule has 0 aliphatic carbocycles. The van der Waals surface area contributed by atoms with Gasteiger partial charge in [-0.2, -0.15) is 0 Å². The van der Waals surface area contributed by atoms with E-state index in [-0.39, 0.29) is 0 Å². The van der Waals surface area contributed by atoms with Crippen LogP contribution in [0.5, 0.6) is 0 Å². The molecule has 116 valence electrons. The molecule has 0 radical (unpaired) electrons. The molecule has 0 saturated carbocycles. The van der Waals surface area contributed by atoms with Gasteiger partial charge in [-0.15, -0.1) is 0 Å². The monoisotopic (exact) mass is 287 g/mol. The lowest BCUT2D eigenvalue weighted by atomic mass is 9.99. The lowest BCUT2D eigenvalue weighted by Crippen LogP contribution is -2.47. The minimum atomic E-state index is 0.576. The van der Waals surface area contributed by atoms with Crippen LogP contribution in [0.3, 0.4) is 0 Å². The van der Waals surface area contributed by atoms with Crippen LogP contribution in [0.15, 0.2) is 30.3 Å². The van der Waals surface area contributed by atoms with Gasteiger partial charge in [0, 0.05) is 25.7 Å². The lowest BCUT2D eigenvalue weighted by molar-refractivity contribution is 0.0872. The summed E-state index contributed by atoms with van der Waals surface area (Å²) in [5.74, 6) is 0.924. The highest BCUT2D eigenvalue weighted by atomic mass is 15.3. The molecule has 1 aromatic carbocycles. The Morgan fingerprint density at radius 1 is 1.19 bits per heavy atom. The molecular weight excluding hydrogens is 258 g/mol. The summed E-state index contributed by atoms with van der Waals surface area (Å²) in [4.78, 5) is 5.17. The molecule has 3 nitrogen and oxygen atoms in total. The van der Waals surface area contributed by atoms with E-state index in [0.29, 0.717) is 6.04 Å². The van der Waals surface area contributed by atoms with Gasteiger partial charge in [0.15, 0.2) is 0 Å². The van der Waals surface area contributed by atoms with Crippen molar-refractivity contribution in [1.82, 2.24) is 15.1 Å². The van der Waals surface area contributed by atoms with E-state index in [1.165, 1.54) is 57.5 Å². The van der Waals surface area contributed by atoms with Crippen LogP contribution >= 0.6 is 0 Å². The fourth-order valence-corrected chi connectivity index (χ4v) is 3.76. The topological polar surface area (TPSA) is 18.5 Å². The van der Waals surface area contributed by atoms with Gasteiger partial charge in [0.1, 0.15) is 0 Å². The standard InChI is InChI=1S/C18H29N3/c1-20-12-13-21(11-5-6-16-9-10-19-14-16)18(15-20)17-7-3-2-4-8-17/h2-4,7-8,16,18-19H,5-6,9-15H2,1H3. The Kier molecular flexibility index (Phi) is 5.28. The van der Waals surface area contributed by atoms with Gasteiger partial charge < -0.3 is 10.2 Å². The first-order valence-corrected chi connectivity index (χ1v) is 8.51. The summed E-state index contributed by atoms with van der Waals surface area (Å²) in [5.41, 5.74) is 1.48. The van der Waals surface area contributed by atoms with Gasteiger partial charge in [0.05, 0.1) is 0 Å². The van der Waals surface area contributed by atoms with Crippen LogP contribution in [0.2, 0.25) is 0 Å². The van der Waals surface area contributed by atoms with Crippen LogP contribution in [-0.2, 0) is 0 Å². The molecule has 1 aromatic rings. The van der Waals surface area contributed by atoms with Crippen molar-refractivity contribution in [1.29, 1.82) is 0 Å². The molecule has 2 aliphatic rings. The number of piperazine rings is 1. The third-order valence-electron chi connectivity index (χ3n) is 5.10. The Morgan fingerprint density at radius 2 is 2.05 bits per heavy atom. The van der Waals surface area contributed by atoms with Crippen LogP contribution in [0.1, 0.15) is 30.9 Å². The van der Waals surface area contributed by atoms with Crippen LogP contribution < -0.4 is 5.32 Å². The predicted octanol–water partition coefficient (Wildman–Crippen LogP) is 2.36. The molecule has 2 unspecified atom stereocenters. The van der Waals surface area contributed by atoms with E-state index in [2.05, 4.69) is 52.5 Å². The molecule has 0 bridgehead atoms. The van der Waals surface area contributed by atoms with Crippen molar-refractivity contribution in [2.45, 2.75) is 25.3 Å². The van der Waals surface area contributed by atoms with Crippen LogP contribution in [0, 0.1) is 5.92 Å². The molecule has 0 aromatic heterocycles. The first-order valence-electron chi connectivity index (χ1n) is 8.51. The van der Waals surface area contributed by atoms with Crippen molar-refractivity contribution in [2.24, 2.45) is 5.92 Å². The average Bonchev–Trinajstić information content (AvgIpc) is 3.03. The molecule has 21 heavy (non-hydrogen) atoms. The van der Waals surface area contributed by atoms with E-state index in [1.807, 2.05) is 0 Å². The van der Waals surface area contributed by atoms with E-state index in [0.717, 1.165) is 12.5 Å². The fourth-order valence-electron chi connectivity index (χ4n) is 3.76. The Bertz CT molecular complexity index is 414. The fraction of sp³-hybridized carbons (Fsp3) is 0.667. The van der Waals surface area contributed by atoms with Gasteiger partial charge in [-0.1, -0.05) is 30.3 Å². The van der Waals surface area contributed by atoms with Crippen molar-refractivity contribution in [3.63, 3.8) is 0 Å². The van der Waals surface area contributed by atoms with Crippen LogP contribution in [-0.4, -0.2) is 56.1 Å². The maximum atomic E-state index is 3.48. The van der Waals surface area contributed by atoms with Gasteiger partial charge in [0.25, 0.3) is 0 Å². The molecule has 2 heterocycles. The van der Waals surface area contributed by atoms with Crippen molar-refractivity contribution in [3.8, 4) is 0 Å². The van der Waals surface area contributed by atoms with Gasteiger partial charge in [0.2, 0.25) is 0 Å². The lowest BCUT2D eigenvalue weighted by Gasteiger charge is -2.40. The number of likely N-dealkylation sites (N-methyl/N-ethyl adjacent to an activating group) is 1. The second-order valence-electron chi connectivity index (χ2n) is 6.73. The van der Waals surface area contributed by atoms with Crippen LogP contribution in [0.25, 0.3) is 0 Å². The number of nitrogens with zero attached hydrogens (tertiary/aromatic N) is 2. The highest BCUT2D eigenvalue weighted by Crippen LogP contribution is 2.25. The van der Waals surface area contributed by atoms with Crippen molar-refractivity contribution >= 4 is 0 Å². The minimum absolute atomic E-state index is 0.576. The largest absolute Gasteiger partial charge is 0.316 e. The summed E-state index contributed by atoms with van der Waals surface area (Å²) in [6, 6.07) is 11.6. The maximum Gasteiger partial charge on any atom is 0.0475 e. The van der Waals surface area contributed by atoms with E-state index in [9.17, 15) is 0 Å². The maximum absolute atomic E-state index is 3.48. The number of nitrogens with one attached hydrogen (secondary N) is 1. The number of rotatable bonds is 5. The average molecular weight is 287 g/mol. The van der Waals surface area contributed by atoms with Gasteiger partial charge >= 0.3 is 0 Å². The Labute approximate surface area is 129 Å². The summed E-state index contributed by atoms with van der Waals surface area (Å²) in [5, 5.41) is 3.48. The Hall–Kier alpha value is -0.900. The highest BCUT2D eigenvalue weighted by Gasteiger charge is 2.26. The summed E-state index contributed by atoms with van der Waals surface area (Å²) < 4.78 is 0. The molecule has 0 amide bonds. The third kappa shape index (κ3) is 4.06. The minimum Gasteiger partial charge on any atom is -0.316 e. The molecule has 3 rings (SSSR count). The van der Waals surface area contributed by atoms with Crippen molar-refractivity contribution in [3.05, 3.63) is 35.9 Å². The molecule has 2 atom stereocenters. The second kappa shape index (κ2) is 7.39. The zero-order chi connectivity index (χ0) is 14.5. The van der Waals surface area contributed by atoms with E-state index >= 15 is 0 Å². The normalized spacial score (nSPS) is 28.0. The number of hydrogen-bond donors (Lipinski definition) is 1. The summed E-state index contributed by atoms with van der Waals surface area (Å²) in [6.45, 7) is 7.29. The number of benzene rings is 1. The highest BCUT2D eigenvalue weighted by molar-refractivity contribution is 5.20. The number of hydrogen-bond acceptors (Lipinski definition) is 3. The van der Waals surface area contributed by atoms with Gasteiger partial charge in [-0.3, -0.25) is 4.90 Å². The summed E-state index contributed by atoms with van der Waals surface area (Å²) >= 11 is 0.